The van der Waals surface area contributed by atoms with Crippen LogP contribution in [0.15, 0.2) is 48.1 Å². The molecule has 23 heavy (non-hydrogen) atoms. The summed E-state index contributed by atoms with van der Waals surface area (Å²) in [5.41, 5.74) is 2.65. The largest absolute Gasteiger partial charge is 0.308 e. The van der Waals surface area contributed by atoms with Gasteiger partial charge in [0.1, 0.15) is 0 Å². The van der Waals surface area contributed by atoms with Gasteiger partial charge in [-0.15, -0.1) is 6.58 Å². The molecule has 0 atom stereocenters. The Hall–Kier alpha value is -1.37. The van der Waals surface area contributed by atoms with E-state index in [1.54, 1.807) is 0 Å². The standard InChI is InChI=1S/C22H35N/c1-2-3-4-5-6-7-8-9-10-11-12-13-14-16-21-17-15-18-22(19-21)20-23/h2,7-8,17,19-20,23H,1,3-6,9-16,18H2/b8-7-,23-20?. The molecule has 1 aliphatic carbocycles. The van der Waals surface area contributed by atoms with Crippen LogP contribution in [0.25, 0.3) is 0 Å². The monoisotopic (exact) mass is 313 g/mol. The molecule has 0 bridgehead atoms. The molecule has 0 unspecified atom stereocenters. The minimum absolute atomic E-state index is 1.05. The first-order valence-electron chi connectivity index (χ1n) is 9.53. The molecule has 0 heterocycles. The molecule has 0 fully saturated rings. The Kier molecular flexibility index (Phi) is 12.2. The first-order valence-corrected chi connectivity index (χ1v) is 9.53. The third kappa shape index (κ3) is 10.9. The Morgan fingerprint density at radius 1 is 0.913 bits per heavy atom. The van der Waals surface area contributed by atoms with Gasteiger partial charge in [0.15, 0.2) is 0 Å². The van der Waals surface area contributed by atoms with E-state index >= 15 is 0 Å². The number of rotatable bonds is 14. The second kappa shape index (κ2) is 14.2. The molecule has 128 valence electrons. The van der Waals surface area contributed by atoms with Crippen molar-refractivity contribution in [1.82, 2.24) is 0 Å². The van der Waals surface area contributed by atoms with Crippen LogP contribution in [0.1, 0.15) is 83.5 Å². The highest BCUT2D eigenvalue weighted by Gasteiger charge is 2.03. The highest BCUT2D eigenvalue weighted by Crippen LogP contribution is 2.20. The van der Waals surface area contributed by atoms with Crippen LogP contribution in [0.5, 0.6) is 0 Å². The van der Waals surface area contributed by atoms with Gasteiger partial charge in [0.05, 0.1) is 0 Å². The van der Waals surface area contributed by atoms with E-state index in [-0.39, 0.29) is 0 Å². The van der Waals surface area contributed by atoms with E-state index in [1.807, 2.05) is 6.08 Å². The Balaban J connectivity index is 1.89. The van der Waals surface area contributed by atoms with Gasteiger partial charge < -0.3 is 5.41 Å². The second-order valence-electron chi connectivity index (χ2n) is 6.53. The van der Waals surface area contributed by atoms with Gasteiger partial charge in [0.2, 0.25) is 0 Å². The SMILES string of the molecule is C=CCCCC/C=C\CCCCCCCC1=CCCC(C=N)=C1. The second-order valence-corrected chi connectivity index (χ2v) is 6.53. The van der Waals surface area contributed by atoms with Crippen molar-refractivity contribution in [2.45, 2.75) is 83.5 Å². The van der Waals surface area contributed by atoms with Gasteiger partial charge in [-0.3, -0.25) is 0 Å². The first kappa shape index (κ1) is 19.7. The first-order chi connectivity index (χ1) is 11.4. The van der Waals surface area contributed by atoms with Crippen LogP contribution in [-0.2, 0) is 0 Å². The van der Waals surface area contributed by atoms with E-state index < -0.39 is 0 Å². The third-order valence-corrected chi connectivity index (χ3v) is 4.43. The lowest BCUT2D eigenvalue weighted by Crippen LogP contribution is -1.93. The van der Waals surface area contributed by atoms with Crippen molar-refractivity contribution in [3.8, 4) is 0 Å². The molecule has 0 radical (unpaired) electrons. The van der Waals surface area contributed by atoms with Gasteiger partial charge in [-0.1, -0.05) is 55.2 Å². The molecule has 1 N–H and O–H groups in total. The lowest BCUT2D eigenvalue weighted by molar-refractivity contribution is 0.617. The maximum atomic E-state index is 7.34. The van der Waals surface area contributed by atoms with Crippen LogP contribution in [0.2, 0.25) is 0 Å². The number of nitrogens with one attached hydrogen (secondary N) is 1. The summed E-state index contributed by atoms with van der Waals surface area (Å²) in [7, 11) is 0. The molecule has 0 spiro atoms. The van der Waals surface area contributed by atoms with Crippen molar-refractivity contribution in [2.24, 2.45) is 0 Å². The lowest BCUT2D eigenvalue weighted by atomic mass is 9.96. The summed E-state index contributed by atoms with van der Waals surface area (Å²) in [4.78, 5) is 0. The van der Waals surface area contributed by atoms with E-state index in [1.165, 1.54) is 81.6 Å². The topological polar surface area (TPSA) is 23.9 Å². The minimum atomic E-state index is 1.05. The van der Waals surface area contributed by atoms with Gasteiger partial charge in [0, 0.05) is 6.21 Å². The van der Waals surface area contributed by atoms with Gasteiger partial charge in [-0.25, -0.2) is 0 Å². The molecule has 0 aromatic carbocycles. The summed E-state index contributed by atoms with van der Waals surface area (Å²) in [6, 6.07) is 0. The van der Waals surface area contributed by atoms with Crippen molar-refractivity contribution < 1.29 is 0 Å². The van der Waals surface area contributed by atoms with Gasteiger partial charge in [-0.2, -0.15) is 0 Å². The van der Waals surface area contributed by atoms with Gasteiger partial charge >= 0.3 is 0 Å². The zero-order chi connectivity index (χ0) is 16.6. The summed E-state index contributed by atoms with van der Waals surface area (Å²) in [5, 5.41) is 7.34. The van der Waals surface area contributed by atoms with Crippen LogP contribution in [0, 0.1) is 5.41 Å². The zero-order valence-electron chi connectivity index (χ0n) is 14.9. The lowest BCUT2D eigenvalue weighted by Gasteiger charge is -2.10. The zero-order valence-corrected chi connectivity index (χ0v) is 14.9. The molecule has 1 nitrogen and oxygen atoms in total. The van der Waals surface area contributed by atoms with Crippen LogP contribution in [-0.4, -0.2) is 6.21 Å². The van der Waals surface area contributed by atoms with Crippen LogP contribution < -0.4 is 0 Å². The molecule has 1 aliphatic rings. The van der Waals surface area contributed by atoms with E-state index in [4.69, 9.17) is 5.41 Å². The molecular weight excluding hydrogens is 278 g/mol. The summed E-state index contributed by atoms with van der Waals surface area (Å²) in [5.74, 6) is 0. The minimum Gasteiger partial charge on any atom is -0.308 e. The molecule has 0 aromatic heterocycles. The van der Waals surface area contributed by atoms with E-state index in [0.29, 0.717) is 0 Å². The van der Waals surface area contributed by atoms with Crippen LogP contribution in [0.3, 0.4) is 0 Å². The van der Waals surface area contributed by atoms with Crippen molar-refractivity contribution in [3.05, 3.63) is 48.1 Å². The molecule has 1 heteroatoms. The summed E-state index contributed by atoms with van der Waals surface area (Å²) < 4.78 is 0. The fraction of sp³-hybridized carbons (Fsp3) is 0.591. The smallest absolute Gasteiger partial charge is 0.0210 e. The van der Waals surface area contributed by atoms with Gasteiger partial charge in [-0.05, 0) is 69.8 Å². The predicted octanol–water partition coefficient (Wildman–Crippen LogP) is 7.32. The fourth-order valence-corrected chi connectivity index (χ4v) is 2.99. The van der Waals surface area contributed by atoms with Gasteiger partial charge in [0.25, 0.3) is 0 Å². The number of hydrogen-bond donors (Lipinski definition) is 1. The molecule has 0 aliphatic heterocycles. The quantitative estimate of drug-likeness (QED) is 0.197. The normalized spacial score (nSPS) is 14.6. The Morgan fingerprint density at radius 3 is 2.30 bits per heavy atom. The van der Waals surface area contributed by atoms with E-state index in [9.17, 15) is 0 Å². The fourth-order valence-electron chi connectivity index (χ4n) is 2.99. The van der Waals surface area contributed by atoms with Crippen molar-refractivity contribution >= 4 is 6.21 Å². The molecule has 0 saturated carbocycles. The summed E-state index contributed by atoms with van der Waals surface area (Å²) >= 11 is 0. The number of unbranched alkanes of at least 4 members (excludes halogenated alkanes) is 8. The Morgan fingerprint density at radius 2 is 1.57 bits per heavy atom. The predicted molar refractivity (Wildman–Crippen MR) is 104 cm³/mol. The molecule has 0 saturated heterocycles. The highest BCUT2D eigenvalue weighted by atomic mass is 14.3. The van der Waals surface area contributed by atoms with Crippen molar-refractivity contribution in [2.75, 3.05) is 0 Å². The maximum absolute atomic E-state index is 7.34. The van der Waals surface area contributed by atoms with E-state index in [2.05, 4.69) is 30.9 Å². The van der Waals surface area contributed by atoms with Crippen molar-refractivity contribution in [3.63, 3.8) is 0 Å². The average Bonchev–Trinajstić information content (AvgIpc) is 2.59. The molecular formula is C22H35N. The molecule has 0 aromatic rings. The van der Waals surface area contributed by atoms with Crippen LogP contribution in [0.4, 0.5) is 0 Å². The number of hydrogen-bond acceptors (Lipinski definition) is 1. The number of allylic oxidation sites excluding steroid dienone is 7. The third-order valence-electron chi connectivity index (χ3n) is 4.43. The molecule has 1 rings (SSSR count). The Labute approximate surface area is 143 Å². The highest BCUT2D eigenvalue weighted by molar-refractivity contribution is 5.77. The Bertz CT molecular complexity index is 412. The molecule has 0 amide bonds. The average molecular weight is 314 g/mol. The maximum Gasteiger partial charge on any atom is 0.0210 e. The summed E-state index contributed by atoms with van der Waals surface area (Å²) in [6.07, 6.45) is 29.1. The summed E-state index contributed by atoms with van der Waals surface area (Å²) in [6.45, 7) is 3.75. The van der Waals surface area contributed by atoms with E-state index in [0.717, 1.165) is 19.3 Å². The van der Waals surface area contributed by atoms with Crippen molar-refractivity contribution in [1.29, 1.82) is 5.41 Å². The van der Waals surface area contributed by atoms with Crippen LogP contribution >= 0.6 is 0 Å².